The summed E-state index contributed by atoms with van der Waals surface area (Å²) in [7, 11) is 0. The molecule has 2 rings (SSSR count). The Bertz CT molecular complexity index is 1200. The van der Waals surface area contributed by atoms with Gasteiger partial charge < -0.3 is 31.7 Å². The van der Waals surface area contributed by atoms with Gasteiger partial charge in [0.1, 0.15) is 16.8 Å². The number of amides is 3. The number of esters is 1. The lowest BCUT2D eigenvalue weighted by molar-refractivity contribution is -0.155. The molecule has 0 unspecified atom stereocenters. The van der Waals surface area contributed by atoms with E-state index in [9.17, 15) is 19.2 Å². The van der Waals surface area contributed by atoms with Crippen LogP contribution in [0.5, 0.6) is 0 Å². The molecule has 3 amide bonds. The van der Waals surface area contributed by atoms with E-state index in [0.29, 0.717) is 47.1 Å². The average Bonchev–Trinajstić information content (AvgIpc) is 2.83. The number of hydrogen-bond acceptors (Lipinski definition) is 9. The van der Waals surface area contributed by atoms with E-state index in [1.54, 1.807) is 51.2 Å². The minimum Gasteiger partial charge on any atom is -0.460 e. The number of ether oxygens (including phenoxy) is 1. The number of hydrogen-bond donors (Lipinski definition) is 5. The molecule has 39 heavy (non-hydrogen) atoms. The molecule has 212 valence electrons. The number of benzene rings is 1. The van der Waals surface area contributed by atoms with E-state index in [-0.39, 0.29) is 18.7 Å². The number of halogens is 1. The van der Waals surface area contributed by atoms with Crippen LogP contribution in [0.3, 0.4) is 0 Å². The van der Waals surface area contributed by atoms with Crippen molar-refractivity contribution in [3.05, 3.63) is 34.9 Å². The Kier molecular flexibility index (Phi) is 11.2. The van der Waals surface area contributed by atoms with Gasteiger partial charge in [0.15, 0.2) is 0 Å². The molecule has 0 aliphatic heterocycles. The van der Waals surface area contributed by atoms with Gasteiger partial charge in [0, 0.05) is 37.1 Å². The fourth-order valence-electron chi connectivity index (χ4n) is 3.02. The van der Waals surface area contributed by atoms with Gasteiger partial charge in [-0.05, 0) is 75.2 Å². The summed E-state index contributed by atoms with van der Waals surface area (Å²) < 4.78 is 5.88. The number of anilines is 4. The van der Waals surface area contributed by atoms with Gasteiger partial charge in [-0.1, -0.05) is 6.07 Å². The number of nitrogens with zero attached hydrogens (tertiary/aromatic N) is 2. The SMILES string of the molecule is CC(C)(C)OC(=O)CCC(=O)Nc1cccc(Nc2ncc(Br)c(NCCCNC(=O)C(C)(C)C(N)=O)n2)c1. The number of carbonyl (C=O) groups is 4. The number of nitrogens with two attached hydrogens (primary N) is 1. The maximum Gasteiger partial charge on any atom is 0.306 e. The van der Waals surface area contributed by atoms with E-state index in [2.05, 4.69) is 47.2 Å². The Labute approximate surface area is 236 Å². The van der Waals surface area contributed by atoms with Crippen LogP contribution in [0.25, 0.3) is 0 Å². The topological polar surface area (TPSA) is 177 Å². The van der Waals surface area contributed by atoms with Gasteiger partial charge in [0.25, 0.3) is 0 Å². The molecule has 0 atom stereocenters. The Morgan fingerprint density at radius 2 is 1.72 bits per heavy atom. The van der Waals surface area contributed by atoms with Gasteiger partial charge in [-0.3, -0.25) is 19.2 Å². The molecule has 0 saturated heterocycles. The van der Waals surface area contributed by atoms with Gasteiger partial charge >= 0.3 is 5.97 Å². The zero-order valence-electron chi connectivity index (χ0n) is 22.8. The molecular formula is C26H36BrN7O5. The maximum atomic E-state index is 12.3. The molecule has 0 aliphatic rings. The predicted octanol–water partition coefficient (Wildman–Crippen LogP) is 3.47. The monoisotopic (exact) mass is 605 g/mol. The van der Waals surface area contributed by atoms with E-state index in [4.69, 9.17) is 10.5 Å². The van der Waals surface area contributed by atoms with Gasteiger partial charge in [-0.25, -0.2) is 4.98 Å². The second-order valence-corrected chi connectivity index (χ2v) is 11.1. The van der Waals surface area contributed by atoms with E-state index >= 15 is 0 Å². The first-order chi connectivity index (χ1) is 18.2. The van der Waals surface area contributed by atoms with Gasteiger partial charge in [-0.2, -0.15) is 4.98 Å². The lowest BCUT2D eigenvalue weighted by Crippen LogP contribution is -2.46. The lowest BCUT2D eigenvalue weighted by atomic mass is 9.91. The lowest BCUT2D eigenvalue weighted by Gasteiger charge is -2.19. The van der Waals surface area contributed by atoms with E-state index < -0.39 is 28.8 Å². The highest BCUT2D eigenvalue weighted by Gasteiger charge is 2.33. The first kappa shape index (κ1) is 31.5. The number of nitrogens with one attached hydrogen (secondary N) is 4. The highest BCUT2D eigenvalue weighted by atomic mass is 79.9. The first-order valence-corrected chi connectivity index (χ1v) is 13.2. The summed E-state index contributed by atoms with van der Waals surface area (Å²) in [5.41, 5.74) is 4.58. The molecule has 0 spiro atoms. The molecule has 1 heterocycles. The van der Waals surface area contributed by atoms with Crippen LogP contribution in [0.15, 0.2) is 34.9 Å². The summed E-state index contributed by atoms with van der Waals surface area (Å²) in [6, 6.07) is 7.01. The smallest absolute Gasteiger partial charge is 0.306 e. The van der Waals surface area contributed by atoms with Crippen molar-refractivity contribution in [2.45, 2.75) is 59.5 Å². The molecule has 13 heteroatoms. The molecule has 0 aliphatic carbocycles. The zero-order chi connectivity index (χ0) is 29.2. The number of aromatic nitrogens is 2. The van der Waals surface area contributed by atoms with Crippen LogP contribution in [0, 0.1) is 5.41 Å². The van der Waals surface area contributed by atoms with Crippen molar-refractivity contribution < 1.29 is 23.9 Å². The van der Waals surface area contributed by atoms with Crippen LogP contribution in [0.2, 0.25) is 0 Å². The van der Waals surface area contributed by atoms with Gasteiger partial charge in [-0.15, -0.1) is 0 Å². The highest BCUT2D eigenvalue weighted by Crippen LogP contribution is 2.23. The molecule has 0 bridgehead atoms. The first-order valence-electron chi connectivity index (χ1n) is 12.4. The van der Waals surface area contributed by atoms with Crippen molar-refractivity contribution in [2.24, 2.45) is 11.1 Å². The van der Waals surface area contributed by atoms with Crippen molar-refractivity contribution in [1.29, 1.82) is 0 Å². The van der Waals surface area contributed by atoms with Crippen molar-refractivity contribution in [2.75, 3.05) is 29.0 Å². The Morgan fingerprint density at radius 3 is 2.38 bits per heavy atom. The van der Waals surface area contributed by atoms with E-state index in [0.717, 1.165) is 0 Å². The van der Waals surface area contributed by atoms with E-state index in [1.165, 1.54) is 13.8 Å². The summed E-state index contributed by atoms with van der Waals surface area (Å²) in [6.45, 7) is 9.13. The van der Waals surface area contributed by atoms with Crippen molar-refractivity contribution in [3.8, 4) is 0 Å². The van der Waals surface area contributed by atoms with Crippen molar-refractivity contribution >= 4 is 62.8 Å². The third kappa shape index (κ3) is 10.9. The van der Waals surface area contributed by atoms with Crippen molar-refractivity contribution in [3.63, 3.8) is 0 Å². The summed E-state index contributed by atoms with van der Waals surface area (Å²) in [6.07, 6.45) is 2.16. The Hall–Kier alpha value is -3.74. The molecule has 1 aromatic carbocycles. The molecule has 2 aromatic rings. The summed E-state index contributed by atoms with van der Waals surface area (Å²) in [4.78, 5) is 56.3. The van der Waals surface area contributed by atoms with Crippen LogP contribution < -0.4 is 27.0 Å². The molecule has 0 saturated carbocycles. The second-order valence-electron chi connectivity index (χ2n) is 10.3. The third-order valence-electron chi connectivity index (χ3n) is 5.24. The summed E-state index contributed by atoms with van der Waals surface area (Å²) >= 11 is 3.41. The quantitative estimate of drug-likeness (QED) is 0.130. The Morgan fingerprint density at radius 1 is 1.03 bits per heavy atom. The zero-order valence-corrected chi connectivity index (χ0v) is 24.4. The van der Waals surface area contributed by atoms with Crippen LogP contribution in [-0.2, 0) is 23.9 Å². The largest absolute Gasteiger partial charge is 0.460 e. The van der Waals surface area contributed by atoms with E-state index in [1.807, 2.05) is 0 Å². The number of primary amides is 1. The highest BCUT2D eigenvalue weighted by molar-refractivity contribution is 9.10. The predicted molar refractivity (Wildman–Crippen MR) is 152 cm³/mol. The fraction of sp³-hybridized carbons (Fsp3) is 0.462. The number of carbonyl (C=O) groups excluding carboxylic acids is 4. The Balaban J connectivity index is 1.88. The molecule has 0 fully saturated rings. The standard InChI is InChI=1S/C26H36BrN7O5/c1-25(2,3)39-20(36)11-10-19(35)32-16-8-6-9-17(14-16)33-24-31-15-18(27)21(34-24)29-12-7-13-30-23(38)26(4,5)22(28)37/h6,8-9,14-15H,7,10-13H2,1-5H3,(H2,28,37)(H,30,38)(H,32,35)(H2,29,31,33,34). The molecule has 6 N–H and O–H groups in total. The normalized spacial score (nSPS) is 11.3. The molecular weight excluding hydrogens is 570 g/mol. The average molecular weight is 607 g/mol. The van der Waals surface area contributed by atoms with Gasteiger partial charge in [0.05, 0.1) is 10.9 Å². The fourth-order valence-corrected chi connectivity index (χ4v) is 3.35. The maximum absolute atomic E-state index is 12.3. The second kappa shape index (κ2) is 13.9. The molecule has 0 radical (unpaired) electrons. The van der Waals surface area contributed by atoms with Crippen LogP contribution >= 0.6 is 15.9 Å². The summed E-state index contributed by atoms with van der Waals surface area (Å²) in [5, 5.41) is 11.7. The number of rotatable bonds is 13. The summed E-state index contributed by atoms with van der Waals surface area (Å²) in [5.74, 6) is -0.978. The van der Waals surface area contributed by atoms with Crippen LogP contribution in [0.4, 0.5) is 23.1 Å². The molecule has 1 aromatic heterocycles. The van der Waals surface area contributed by atoms with Gasteiger partial charge in [0.2, 0.25) is 23.7 Å². The van der Waals surface area contributed by atoms with Crippen LogP contribution in [-0.4, -0.2) is 52.3 Å². The third-order valence-corrected chi connectivity index (χ3v) is 5.82. The van der Waals surface area contributed by atoms with Crippen LogP contribution in [0.1, 0.15) is 53.9 Å². The minimum atomic E-state index is -1.27. The minimum absolute atomic E-state index is 0.00398. The molecule has 12 nitrogen and oxygen atoms in total. The van der Waals surface area contributed by atoms with Crippen molar-refractivity contribution in [1.82, 2.24) is 15.3 Å².